The third-order valence-corrected chi connectivity index (χ3v) is 8.71. The lowest BCUT2D eigenvalue weighted by Gasteiger charge is -2.28. The Morgan fingerprint density at radius 2 is 1.85 bits per heavy atom. The van der Waals surface area contributed by atoms with Crippen LogP contribution >= 0.6 is 43.6 Å². The van der Waals surface area contributed by atoms with Crippen LogP contribution in [0.5, 0.6) is 5.75 Å². The lowest BCUT2D eigenvalue weighted by atomic mass is 9.98. The summed E-state index contributed by atoms with van der Waals surface area (Å²) in [5.41, 5.74) is 3.02. The van der Waals surface area contributed by atoms with Crippen molar-refractivity contribution in [3.63, 3.8) is 0 Å². The number of ether oxygens (including phenoxy) is 1. The van der Waals surface area contributed by atoms with Gasteiger partial charge in [0.2, 0.25) is 5.95 Å². The molecule has 1 aliphatic rings. The maximum absolute atomic E-state index is 13.6. The number of nitrogens with one attached hydrogen (secondary N) is 2. The third-order valence-electron chi connectivity index (χ3n) is 6.09. The second kappa shape index (κ2) is 13.6. The van der Waals surface area contributed by atoms with Crippen LogP contribution in [-0.4, -0.2) is 63.5 Å². The van der Waals surface area contributed by atoms with Crippen molar-refractivity contribution in [3.8, 4) is 5.75 Å². The van der Waals surface area contributed by atoms with Crippen LogP contribution in [0.25, 0.3) is 0 Å². The standard InChI is InChI=1S/C24H27ClF2N5O4PS.2ClH/c1-36-21-11-15-6-8-32(9-7-26)14-16(15)10-20(21)30-24-28-13-18(25)23(31-24)29-19-5-4-17(38(27,34)35)12-22(19)37(2,3)33;;/h4-5,10-13H,6-9,14H2,1-3H3,(H2,28,29,30,31);2*1H. The number of halogens is 5. The first-order valence-electron chi connectivity index (χ1n) is 11.6. The number of benzene rings is 2. The zero-order valence-corrected chi connectivity index (χ0v) is 25.9. The normalized spacial score (nSPS) is 13.4. The van der Waals surface area contributed by atoms with E-state index < -0.39 is 28.9 Å². The summed E-state index contributed by atoms with van der Waals surface area (Å²) in [4.78, 5) is 10.1. The van der Waals surface area contributed by atoms with Gasteiger partial charge in [0.25, 0.3) is 0 Å². The largest absolute Gasteiger partial charge is 0.495 e. The van der Waals surface area contributed by atoms with Crippen LogP contribution < -0.4 is 20.7 Å². The Labute approximate surface area is 249 Å². The fraction of sp³-hybridized carbons (Fsp3) is 0.333. The van der Waals surface area contributed by atoms with E-state index in [1.807, 2.05) is 17.0 Å². The highest BCUT2D eigenvalue weighted by atomic mass is 35.5. The van der Waals surface area contributed by atoms with Gasteiger partial charge >= 0.3 is 10.2 Å². The van der Waals surface area contributed by atoms with Crippen molar-refractivity contribution in [3.05, 3.63) is 52.7 Å². The second-order valence-electron chi connectivity index (χ2n) is 9.14. The molecule has 0 amide bonds. The third kappa shape index (κ3) is 7.96. The van der Waals surface area contributed by atoms with Crippen molar-refractivity contribution in [1.82, 2.24) is 14.9 Å². The van der Waals surface area contributed by atoms with Gasteiger partial charge in [0.15, 0.2) is 5.82 Å². The number of nitrogens with zero attached hydrogens (tertiary/aromatic N) is 3. The van der Waals surface area contributed by atoms with Gasteiger partial charge in [-0.1, -0.05) is 11.6 Å². The van der Waals surface area contributed by atoms with Crippen molar-refractivity contribution in [2.24, 2.45) is 0 Å². The summed E-state index contributed by atoms with van der Waals surface area (Å²) in [6, 6.07) is 7.27. The molecule has 9 nitrogen and oxygen atoms in total. The first-order chi connectivity index (χ1) is 17.9. The minimum Gasteiger partial charge on any atom is -0.495 e. The van der Waals surface area contributed by atoms with Crippen LogP contribution in [0.15, 0.2) is 41.4 Å². The summed E-state index contributed by atoms with van der Waals surface area (Å²) in [5, 5.41) is 6.35. The topological polar surface area (TPSA) is 114 Å². The van der Waals surface area contributed by atoms with E-state index >= 15 is 0 Å². The maximum Gasteiger partial charge on any atom is 0.332 e. The molecule has 0 bridgehead atoms. The van der Waals surface area contributed by atoms with Gasteiger partial charge in [-0.2, -0.15) is 13.4 Å². The molecule has 2 N–H and O–H groups in total. The SMILES string of the molecule is COc1cc2c(cc1Nc1ncc(Cl)c(Nc3ccc(S(=O)(=O)F)cc3P(C)(C)=O)n1)CN(CCF)CC2.Cl.Cl. The molecule has 0 atom stereocenters. The summed E-state index contributed by atoms with van der Waals surface area (Å²) in [6.07, 6.45) is 2.14. The van der Waals surface area contributed by atoms with Crippen molar-refractivity contribution < 1.29 is 26.0 Å². The Kier molecular flexibility index (Phi) is 11.6. The average Bonchev–Trinajstić information content (AvgIpc) is 2.84. The number of methoxy groups -OCH3 is 1. The second-order valence-corrected chi connectivity index (χ2v) is 14.1. The predicted molar refractivity (Wildman–Crippen MR) is 160 cm³/mol. The van der Waals surface area contributed by atoms with Crippen LogP contribution in [0.4, 0.5) is 31.4 Å². The Hall–Kier alpha value is -2.21. The fourth-order valence-electron chi connectivity index (χ4n) is 4.20. The van der Waals surface area contributed by atoms with E-state index in [0.717, 1.165) is 36.2 Å². The van der Waals surface area contributed by atoms with Crippen molar-refractivity contribution in [2.75, 3.05) is 50.8 Å². The summed E-state index contributed by atoms with van der Waals surface area (Å²) >= 11 is 6.32. The minimum absolute atomic E-state index is 0. The van der Waals surface area contributed by atoms with E-state index in [4.69, 9.17) is 16.3 Å². The van der Waals surface area contributed by atoms with Crippen LogP contribution in [0.2, 0.25) is 5.02 Å². The Balaban J connectivity index is 0.00000280. The molecule has 0 spiro atoms. The Bertz CT molecular complexity index is 1530. The van der Waals surface area contributed by atoms with Gasteiger partial charge in [-0.25, -0.2) is 9.37 Å². The van der Waals surface area contributed by atoms with Crippen LogP contribution in [-0.2, 0) is 27.8 Å². The molecule has 2 aromatic carbocycles. The molecule has 0 saturated heterocycles. The van der Waals surface area contributed by atoms with Gasteiger partial charge in [0.05, 0.1) is 29.6 Å². The quantitative estimate of drug-likeness (QED) is 0.221. The van der Waals surface area contributed by atoms with Gasteiger partial charge in [-0.15, -0.1) is 28.7 Å². The molecule has 0 saturated carbocycles. The number of hydrogen-bond acceptors (Lipinski definition) is 9. The smallest absolute Gasteiger partial charge is 0.332 e. The number of hydrogen-bond donors (Lipinski definition) is 2. The molecule has 3 aromatic rings. The molecule has 1 aliphatic heterocycles. The average molecular weight is 659 g/mol. The first kappa shape index (κ1) is 34.0. The van der Waals surface area contributed by atoms with Crippen molar-refractivity contribution in [2.45, 2.75) is 17.9 Å². The van der Waals surface area contributed by atoms with Gasteiger partial charge < -0.3 is 19.9 Å². The molecule has 4 rings (SSSR count). The maximum atomic E-state index is 13.6. The Morgan fingerprint density at radius 3 is 2.48 bits per heavy atom. The van der Waals surface area contributed by atoms with E-state index in [9.17, 15) is 21.3 Å². The zero-order chi connectivity index (χ0) is 27.7. The van der Waals surface area contributed by atoms with Crippen LogP contribution in [0.3, 0.4) is 0 Å². The molecular weight excluding hydrogens is 630 g/mol. The molecule has 2 heterocycles. The lowest BCUT2D eigenvalue weighted by Crippen LogP contribution is -2.32. The van der Waals surface area contributed by atoms with Crippen LogP contribution in [0, 0.1) is 0 Å². The highest BCUT2D eigenvalue weighted by molar-refractivity contribution is 7.86. The molecule has 40 heavy (non-hydrogen) atoms. The molecule has 0 aliphatic carbocycles. The van der Waals surface area contributed by atoms with E-state index in [1.54, 1.807) is 7.11 Å². The van der Waals surface area contributed by atoms with Crippen molar-refractivity contribution >= 4 is 82.2 Å². The molecule has 1 aromatic heterocycles. The number of alkyl halides is 1. The number of fused-ring (bicyclic) bond motifs is 1. The van der Waals surface area contributed by atoms with Crippen molar-refractivity contribution in [1.29, 1.82) is 0 Å². The van der Waals surface area contributed by atoms with Gasteiger partial charge in [0, 0.05) is 24.9 Å². The fourth-order valence-corrected chi connectivity index (χ4v) is 6.07. The van der Waals surface area contributed by atoms with E-state index in [1.165, 1.54) is 25.6 Å². The monoisotopic (exact) mass is 657 g/mol. The number of anilines is 4. The molecule has 0 fully saturated rings. The molecule has 0 radical (unpaired) electrons. The number of rotatable bonds is 9. The summed E-state index contributed by atoms with van der Waals surface area (Å²) in [6.45, 7) is 4.21. The number of aromatic nitrogens is 2. The van der Waals surface area contributed by atoms with Gasteiger partial charge in [-0.05, 0) is 61.2 Å². The van der Waals surface area contributed by atoms with Crippen LogP contribution in [0.1, 0.15) is 11.1 Å². The minimum atomic E-state index is -4.99. The highest BCUT2D eigenvalue weighted by Gasteiger charge is 2.23. The molecule has 16 heteroatoms. The zero-order valence-electron chi connectivity index (χ0n) is 21.8. The lowest BCUT2D eigenvalue weighted by molar-refractivity contribution is 0.231. The molecule has 0 unspecified atom stereocenters. The highest BCUT2D eigenvalue weighted by Crippen LogP contribution is 2.40. The van der Waals surface area contributed by atoms with Gasteiger partial charge in [0.1, 0.15) is 24.6 Å². The molecule has 220 valence electrons. The van der Waals surface area contributed by atoms with E-state index in [0.29, 0.717) is 24.5 Å². The predicted octanol–water partition coefficient (Wildman–Crippen LogP) is 5.70. The first-order valence-corrected chi connectivity index (χ1v) is 15.9. The summed E-state index contributed by atoms with van der Waals surface area (Å²) < 4.78 is 67.7. The van der Waals surface area contributed by atoms with Gasteiger partial charge in [-0.3, -0.25) is 4.90 Å². The van der Waals surface area contributed by atoms with E-state index in [-0.39, 0.29) is 52.6 Å². The van der Waals surface area contributed by atoms with E-state index in [2.05, 4.69) is 20.6 Å². The summed E-state index contributed by atoms with van der Waals surface area (Å²) in [7, 11) is -6.48. The molecular formula is C24H29Cl3F2N5O4PS. The summed E-state index contributed by atoms with van der Waals surface area (Å²) in [5.74, 6) is 0.909. The Morgan fingerprint density at radius 1 is 1.12 bits per heavy atom.